The van der Waals surface area contributed by atoms with Crippen LogP contribution < -0.4 is 0 Å². The van der Waals surface area contributed by atoms with Crippen LogP contribution in [0, 0.1) is 6.92 Å². The second kappa shape index (κ2) is 7.20. The van der Waals surface area contributed by atoms with Crippen molar-refractivity contribution in [3.8, 4) is 0 Å². The van der Waals surface area contributed by atoms with Crippen LogP contribution >= 0.6 is 0 Å². The number of nitrogens with zero attached hydrogens (tertiary/aromatic N) is 2. The quantitative estimate of drug-likeness (QED) is 0.922. The predicted molar refractivity (Wildman–Crippen MR) is 89.5 cm³/mol. The van der Waals surface area contributed by atoms with E-state index in [0.717, 1.165) is 30.2 Å². The molecule has 0 radical (unpaired) electrons. The minimum Gasteiger partial charge on any atom is -0.302 e. The second-order valence-corrected chi connectivity index (χ2v) is 7.55. The molecule has 2 aromatic rings. The van der Waals surface area contributed by atoms with Gasteiger partial charge in [0.15, 0.2) is 0 Å². The molecule has 0 unspecified atom stereocenters. The highest BCUT2D eigenvalue weighted by Gasteiger charge is 2.23. The Bertz CT molecular complexity index is 626. The number of aryl methyl sites for hydroxylation is 1. The molecular formula is C17H23N3OS. The summed E-state index contributed by atoms with van der Waals surface area (Å²) >= 11 is 0. The Morgan fingerprint density at radius 3 is 2.91 bits per heavy atom. The van der Waals surface area contributed by atoms with Gasteiger partial charge < -0.3 is 4.90 Å². The van der Waals surface area contributed by atoms with Crippen LogP contribution in [0.2, 0.25) is 0 Å². The maximum Gasteiger partial charge on any atom is 0.0668 e. The van der Waals surface area contributed by atoms with Gasteiger partial charge in [0, 0.05) is 35.3 Å². The van der Waals surface area contributed by atoms with E-state index in [0.29, 0.717) is 11.7 Å². The van der Waals surface area contributed by atoms with E-state index in [9.17, 15) is 4.21 Å². The number of aromatic nitrogens is 2. The topological polar surface area (TPSA) is 49.0 Å². The maximum absolute atomic E-state index is 12.3. The third kappa shape index (κ3) is 3.84. The van der Waals surface area contributed by atoms with E-state index in [4.69, 9.17) is 0 Å². The molecule has 0 aliphatic carbocycles. The molecule has 3 rings (SSSR count). The number of H-pyrrole nitrogens is 1. The van der Waals surface area contributed by atoms with Gasteiger partial charge in [-0.1, -0.05) is 18.2 Å². The minimum absolute atomic E-state index is 0.504. The zero-order chi connectivity index (χ0) is 15.4. The Kier molecular flexibility index (Phi) is 5.05. The average molecular weight is 317 g/mol. The average Bonchev–Trinajstić information content (AvgIpc) is 3.00. The summed E-state index contributed by atoms with van der Waals surface area (Å²) in [6.45, 7) is 5.06. The number of hydrogen-bond acceptors (Lipinski definition) is 3. The molecule has 1 aliphatic heterocycles. The summed E-state index contributed by atoms with van der Waals surface area (Å²) in [4.78, 5) is 3.36. The van der Waals surface area contributed by atoms with Gasteiger partial charge in [-0.3, -0.25) is 9.31 Å². The molecule has 5 heteroatoms. The summed E-state index contributed by atoms with van der Waals surface area (Å²) in [6.07, 6.45) is 2.39. The fraction of sp³-hybridized carbons (Fsp3) is 0.471. The van der Waals surface area contributed by atoms with Gasteiger partial charge in [0.2, 0.25) is 0 Å². The third-order valence-electron chi connectivity index (χ3n) is 4.25. The Morgan fingerprint density at radius 1 is 1.36 bits per heavy atom. The van der Waals surface area contributed by atoms with Gasteiger partial charge in [-0.2, -0.15) is 5.10 Å². The molecule has 118 valence electrons. The van der Waals surface area contributed by atoms with Crippen LogP contribution in [-0.4, -0.2) is 44.7 Å². The lowest BCUT2D eigenvalue weighted by molar-refractivity contribution is 0.217. The lowest BCUT2D eigenvalue weighted by atomic mass is 9.95. The molecular weight excluding hydrogens is 294 g/mol. The predicted octanol–water partition coefficient (Wildman–Crippen LogP) is 2.71. The first-order valence-electron chi connectivity index (χ1n) is 7.90. The van der Waals surface area contributed by atoms with Gasteiger partial charge in [0.25, 0.3) is 0 Å². The van der Waals surface area contributed by atoms with Crippen molar-refractivity contribution in [2.45, 2.75) is 30.6 Å². The largest absolute Gasteiger partial charge is 0.302 e. The number of aromatic amines is 1. The van der Waals surface area contributed by atoms with Gasteiger partial charge in [-0.15, -0.1) is 0 Å². The van der Waals surface area contributed by atoms with Crippen molar-refractivity contribution in [3.05, 3.63) is 47.8 Å². The van der Waals surface area contributed by atoms with Crippen molar-refractivity contribution in [1.29, 1.82) is 0 Å². The number of hydrogen-bond donors (Lipinski definition) is 1. The zero-order valence-corrected chi connectivity index (χ0v) is 13.8. The SMILES string of the molecule is Cc1cc([C@H]2CCCN(CC[S@](=O)c3ccccc3)C2)n[nH]1. The van der Waals surface area contributed by atoms with Crippen LogP contribution in [0.15, 0.2) is 41.3 Å². The Balaban J connectivity index is 1.53. The van der Waals surface area contributed by atoms with E-state index in [2.05, 4.69) is 21.2 Å². The van der Waals surface area contributed by atoms with Gasteiger partial charge >= 0.3 is 0 Å². The van der Waals surface area contributed by atoms with E-state index in [-0.39, 0.29) is 0 Å². The van der Waals surface area contributed by atoms with Crippen molar-refractivity contribution in [2.24, 2.45) is 0 Å². The van der Waals surface area contributed by atoms with Gasteiger partial charge in [0.1, 0.15) is 0 Å². The number of benzene rings is 1. The van der Waals surface area contributed by atoms with E-state index in [1.54, 1.807) is 0 Å². The fourth-order valence-corrected chi connectivity index (χ4v) is 4.17. The molecule has 22 heavy (non-hydrogen) atoms. The molecule has 1 fully saturated rings. The molecule has 1 saturated heterocycles. The summed E-state index contributed by atoms with van der Waals surface area (Å²) in [5, 5.41) is 7.44. The van der Waals surface area contributed by atoms with Crippen molar-refractivity contribution in [1.82, 2.24) is 15.1 Å². The normalized spacial score (nSPS) is 20.9. The molecule has 2 heterocycles. The zero-order valence-electron chi connectivity index (χ0n) is 13.0. The molecule has 1 N–H and O–H groups in total. The van der Waals surface area contributed by atoms with Crippen LogP contribution in [0.4, 0.5) is 0 Å². The molecule has 0 spiro atoms. The first-order chi connectivity index (χ1) is 10.7. The first kappa shape index (κ1) is 15.4. The van der Waals surface area contributed by atoms with E-state index in [1.807, 2.05) is 37.3 Å². The van der Waals surface area contributed by atoms with E-state index in [1.165, 1.54) is 18.5 Å². The van der Waals surface area contributed by atoms with E-state index < -0.39 is 10.8 Å². The lowest BCUT2D eigenvalue weighted by Gasteiger charge is -2.31. The molecule has 1 aliphatic rings. The Labute approximate surface area is 134 Å². The summed E-state index contributed by atoms with van der Waals surface area (Å²) in [5.74, 6) is 1.21. The van der Waals surface area contributed by atoms with Crippen LogP contribution in [0.25, 0.3) is 0 Å². The summed E-state index contributed by atoms with van der Waals surface area (Å²) in [6, 6.07) is 11.9. The van der Waals surface area contributed by atoms with E-state index >= 15 is 0 Å². The highest BCUT2D eigenvalue weighted by molar-refractivity contribution is 7.85. The van der Waals surface area contributed by atoms with Crippen LogP contribution in [0.1, 0.15) is 30.1 Å². The van der Waals surface area contributed by atoms with Gasteiger partial charge in [0.05, 0.1) is 16.5 Å². The second-order valence-electron chi connectivity index (χ2n) is 5.98. The molecule has 4 nitrogen and oxygen atoms in total. The highest BCUT2D eigenvalue weighted by atomic mass is 32.2. The molecule has 0 bridgehead atoms. The van der Waals surface area contributed by atoms with Gasteiger partial charge in [-0.05, 0) is 44.5 Å². The molecule has 0 saturated carbocycles. The maximum atomic E-state index is 12.3. The highest BCUT2D eigenvalue weighted by Crippen LogP contribution is 2.25. The fourth-order valence-electron chi connectivity index (χ4n) is 3.05. The Hall–Kier alpha value is -1.46. The molecule has 0 amide bonds. The first-order valence-corrected chi connectivity index (χ1v) is 9.22. The summed E-state index contributed by atoms with van der Waals surface area (Å²) < 4.78 is 12.3. The third-order valence-corrected chi connectivity index (χ3v) is 5.60. The van der Waals surface area contributed by atoms with Crippen LogP contribution in [0.5, 0.6) is 0 Å². The Morgan fingerprint density at radius 2 is 2.18 bits per heavy atom. The molecule has 1 aromatic heterocycles. The van der Waals surface area contributed by atoms with Crippen molar-refractivity contribution < 1.29 is 4.21 Å². The monoisotopic (exact) mass is 317 g/mol. The molecule has 1 aromatic carbocycles. The van der Waals surface area contributed by atoms with Crippen LogP contribution in [0.3, 0.4) is 0 Å². The lowest BCUT2D eigenvalue weighted by Crippen LogP contribution is -2.37. The number of nitrogens with one attached hydrogen (secondary N) is 1. The standard InChI is InChI=1S/C17H23N3OS/c1-14-12-17(19-18-14)15-6-5-9-20(13-15)10-11-22(21)16-7-3-2-4-8-16/h2-4,7-8,12,15H,5-6,9-11,13H2,1H3,(H,18,19)/t15-,22-/m0/s1. The smallest absolute Gasteiger partial charge is 0.0668 e. The van der Waals surface area contributed by atoms with Crippen LogP contribution in [-0.2, 0) is 10.8 Å². The summed E-state index contributed by atoms with van der Waals surface area (Å²) in [5.41, 5.74) is 2.30. The number of likely N-dealkylation sites (tertiary alicyclic amines) is 1. The minimum atomic E-state index is -0.900. The van der Waals surface area contributed by atoms with Crippen molar-refractivity contribution in [2.75, 3.05) is 25.4 Å². The number of piperidine rings is 1. The van der Waals surface area contributed by atoms with Crippen molar-refractivity contribution in [3.63, 3.8) is 0 Å². The molecule has 2 atom stereocenters. The summed E-state index contributed by atoms with van der Waals surface area (Å²) in [7, 11) is -0.900. The number of rotatable bonds is 5. The van der Waals surface area contributed by atoms with Gasteiger partial charge in [-0.25, -0.2) is 0 Å². The van der Waals surface area contributed by atoms with Crippen molar-refractivity contribution >= 4 is 10.8 Å².